The zero-order chi connectivity index (χ0) is 10.8. The summed E-state index contributed by atoms with van der Waals surface area (Å²) in [5.41, 5.74) is 2.26. The highest BCUT2D eigenvalue weighted by atomic mass is 16.5. The van der Waals surface area contributed by atoms with Gasteiger partial charge in [-0.15, -0.1) is 0 Å². The molecule has 1 aromatic rings. The molecular formula is C11H17N3O. The number of fused-ring (bicyclic) bond motifs is 1. The van der Waals surface area contributed by atoms with E-state index in [0.29, 0.717) is 5.92 Å². The lowest BCUT2D eigenvalue weighted by molar-refractivity contribution is 0.382. The largest absolute Gasteiger partial charge is 0.481 e. The average Bonchev–Trinajstić information content (AvgIpc) is 2.27. The molecule has 2 heterocycles. The fraction of sp³-hybridized carbons (Fsp3) is 0.636. The van der Waals surface area contributed by atoms with Crippen molar-refractivity contribution >= 4 is 0 Å². The number of nitrogens with one attached hydrogen (secondary N) is 1. The predicted molar refractivity (Wildman–Crippen MR) is 58.1 cm³/mol. The molecule has 0 radical (unpaired) electrons. The maximum absolute atomic E-state index is 5.32. The van der Waals surface area contributed by atoms with E-state index >= 15 is 0 Å². The average molecular weight is 207 g/mol. The van der Waals surface area contributed by atoms with Crippen molar-refractivity contribution in [3.05, 3.63) is 17.1 Å². The Bertz CT molecular complexity index is 346. The van der Waals surface area contributed by atoms with Gasteiger partial charge in [-0.1, -0.05) is 13.8 Å². The number of hydrogen-bond donors (Lipinski definition) is 1. The molecule has 0 fully saturated rings. The van der Waals surface area contributed by atoms with Gasteiger partial charge in [0.15, 0.2) is 0 Å². The van der Waals surface area contributed by atoms with E-state index in [4.69, 9.17) is 4.74 Å². The third kappa shape index (κ3) is 1.95. The van der Waals surface area contributed by atoms with Crippen molar-refractivity contribution in [2.75, 3.05) is 13.7 Å². The molecule has 4 heteroatoms. The smallest absolute Gasteiger partial charge is 0.219 e. The van der Waals surface area contributed by atoms with Gasteiger partial charge in [0.05, 0.1) is 12.8 Å². The second-order valence-electron chi connectivity index (χ2n) is 4.10. The summed E-state index contributed by atoms with van der Waals surface area (Å²) in [6.45, 7) is 6.00. The quantitative estimate of drug-likeness (QED) is 0.793. The maximum Gasteiger partial charge on any atom is 0.219 e. The summed E-state index contributed by atoms with van der Waals surface area (Å²) in [5.74, 6) is 1.96. The van der Waals surface area contributed by atoms with Gasteiger partial charge in [0.1, 0.15) is 5.82 Å². The molecule has 0 atom stereocenters. The Kier molecular flexibility index (Phi) is 2.86. The van der Waals surface area contributed by atoms with Crippen LogP contribution in [0.3, 0.4) is 0 Å². The van der Waals surface area contributed by atoms with Crippen molar-refractivity contribution in [3.63, 3.8) is 0 Å². The molecule has 1 aromatic heterocycles. The van der Waals surface area contributed by atoms with Crippen molar-refractivity contribution in [1.29, 1.82) is 0 Å². The summed E-state index contributed by atoms with van der Waals surface area (Å²) in [6.07, 6.45) is 0.955. The molecule has 1 aliphatic heterocycles. The molecule has 1 N–H and O–H groups in total. The second-order valence-corrected chi connectivity index (χ2v) is 4.10. The zero-order valence-electron chi connectivity index (χ0n) is 9.50. The fourth-order valence-corrected chi connectivity index (χ4v) is 1.77. The lowest BCUT2D eigenvalue weighted by Gasteiger charge is -2.19. The number of nitrogens with zero attached hydrogens (tertiary/aromatic N) is 2. The number of methoxy groups -OCH3 is 1. The molecule has 0 bridgehead atoms. The van der Waals surface area contributed by atoms with Crippen molar-refractivity contribution in [2.24, 2.45) is 0 Å². The van der Waals surface area contributed by atoms with Gasteiger partial charge in [0.2, 0.25) is 5.88 Å². The van der Waals surface area contributed by atoms with E-state index in [1.54, 1.807) is 7.11 Å². The summed E-state index contributed by atoms with van der Waals surface area (Å²) in [5, 5.41) is 3.31. The number of ether oxygens (including phenoxy) is 1. The third-order valence-electron chi connectivity index (χ3n) is 2.63. The standard InChI is InChI=1S/C11H17N3O/c1-7(2)10-13-9-6-12-5-4-8(9)11(14-10)15-3/h7,12H,4-6H2,1-3H3. The maximum atomic E-state index is 5.32. The van der Waals surface area contributed by atoms with E-state index in [0.717, 1.165) is 36.9 Å². The minimum Gasteiger partial charge on any atom is -0.481 e. The summed E-state index contributed by atoms with van der Waals surface area (Å²) in [4.78, 5) is 9.01. The van der Waals surface area contributed by atoms with Crippen LogP contribution in [-0.4, -0.2) is 23.6 Å². The van der Waals surface area contributed by atoms with Gasteiger partial charge in [0.25, 0.3) is 0 Å². The van der Waals surface area contributed by atoms with E-state index in [2.05, 4.69) is 29.1 Å². The minimum absolute atomic E-state index is 0.339. The molecule has 2 rings (SSSR count). The summed E-state index contributed by atoms with van der Waals surface area (Å²) < 4.78 is 5.32. The van der Waals surface area contributed by atoms with Crippen LogP contribution in [0, 0.1) is 0 Å². The topological polar surface area (TPSA) is 47.0 Å². The summed E-state index contributed by atoms with van der Waals surface area (Å²) in [6, 6.07) is 0. The van der Waals surface area contributed by atoms with Gasteiger partial charge in [-0.2, -0.15) is 4.98 Å². The molecule has 15 heavy (non-hydrogen) atoms. The van der Waals surface area contributed by atoms with Crippen LogP contribution in [0.4, 0.5) is 0 Å². The molecule has 0 spiro atoms. The van der Waals surface area contributed by atoms with Crippen molar-refractivity contribution in [2.45, 2.75) is 32.7 Å². The summed E-state index contributed by atoms with van der Waals surface area (Å²) >= 11 is 0. The molecule has 0 saturated heterocycles. The van der Waals surface area contributed by atoms with Crippen molar-refractivity contribution in [1.82, 2.24) is 15.3 Å². The molecule has 0 unspecified atom stereocenters. The van der Waals surface area contributed by atoms with E-state index in [9.17, 15) is 0 Å². The predicted octanol–water partition coefficient (Wildman–Crippen LogP) is 1.25. The van der Waals surface area contributed by atoms with Crippen LogP contribution in [0.25, 0.3) is 0 Å². The number of hydrogen-bond acceptors (Lipinski definition) is 4. The highest BCUT2D eigenvalue weighted by Crippen LogP contribution is 2.24. The molecule has 1 aliphatic rings. The first-order chi connectivity index (χ1) is 7.22. The first-order valence-electron chi connectivity index (χ1n) is 5.36. The van der Waals surface area contributed by atoms with Gasteiger partial charge in [-0.25, -0.2) is 4.98 Å². The van der Waals surface area contributed by atoms with Gasteiger partial charge in [0, 0.05) is 18.0 Å². The van der Waals surface area contributed by atoms with Crippen molar-refractivity contribution < 1.29 is 4.74 Å². The van der Waals surface area contributed by atoms with Gasteiger partial charge < -0.3 is 10.1 Å². The van der Waals surface area contributed by atoms with E-state index in [1.807, 2.05) is 0 Å². The highest BCUT2D eigenvalue weighted by molar-refractivity contribution is 5.33. The Hall–Kier alpha value is -1.16. The molecular weight excluding hydrogens is 190 g/mol. The monoisotopic (exact) mass is 207 g/mol. The van der Waals surface area contributed by atoms with E-state index in [-0.39, 0.29) is 0 Å². The van der Waals surface area contributed by atoms with Gasteiger partial charge >= 0.3 is 0 Å². The highest BCUT2D eigenvalue weighted by Gasteiger charge is 2.18. The number of rotatable bonds is 2. The van der Waals surface area contributed by atoms with Gasteiger partial charge in [-0.3, -0.25) is 0 Å². The van der Waals surface area contributed by atoms with E-state index in [1.165, 1.54) is 5.56 Å². The fourth-order valence-electron chi connectivity index (χ4n) is 1.77. The first kappa shape index (κ1) is 10.4. The van der Waals surface area contributed by atoms with Crippen LogP contribution in [0.1, 0.15) is 36.8 Å². The van der Waals surface area contributed by atoms with Crippen LogP contribution in [0.5, 0.6) is 5.88 Å². The Balaban J connectivity index is 2.48. The van der Waals surface area contributed by atoms with Gasteiger partial charge in [-0.05, 0) is 13.0 Å². The van der Waals surface area contributed by atoms with Crippen molar-refractivity contribution in [3.8, 4) is 5.88 Å². The van der Waals surface area contributed by atoms with Crippen LogP contribution >= 0.6 is 0 Å². The Morgan fingerprint density at radius 1 is 1.33 bits per heavy atom. The normalized spacial score (nSPS) is 15.2. The molecule has 0 aromatic carbocycles. The van der Waals surface area contributed by atoms with Crippen LogP contribution in [0.2, 0.25) is 0 Å². The molecule has 0 saturated carbocycles. The zero-order valence-corrected chi connectivity index (χ0v) is 9.50. The molecule has 82 valence electrons. The molecule has 0 aliphatic carbocycles. The SMILES string of the molecule is COc1nc(C(C)C)nc2c1CCNC2. The Labute approximate surface area is 90.1 Å². The third-order valence-corrected chi connectivity index (χ3v) is 2.63. The second kappa shape index (κ2) is 4.14. The first-order valence-corrected chi connectivity index (χ1v) is 5.36. The van der Waals surface area contributed by atoms with Crippen LogP contribution < -0.4 is 10.1 Å². The molecule has 4 nitrogen and oxygen atoms in total. The minimum atomic E-state index is 0.339. The van der Waals surface area contributed by atoms with Crippen LogP contribution in [0.15, 0.2) is 0 Å². The van der Waals surface area contributed by atoms with Crippen LogP contribution in [-0.2, 0) is 13.0 Å². The Morgan fingerprint density at radius 3 is 2.80 bits per heavy atom. The van der Waals surface area contributed by atoms with E-state index < -0.39 is 0 Å². The Morgan fingerprint density at radius 2 is 2.13 bits per heavy atom. The number of aromatic nitrogens is 2. The lowest BCUT2D eigenvalue weighted by Crippen LogP contribution is -2.26. The lowest BCUT2D eigenvalue weighted by atomic mass is 10.1. The summed E-state index contributed by atoms with van der Waals surface area (Å²) in [7, 11) is 1.68. The molecule has 0 amide bonds.